The number of carbonyl (C=O) groups excluding carboxylic acids is 1. The Bertz CT molecular complexity index is 1060. The van der Waals surface area contributed by atoms with Crippen LogP contribution in [-0.2, 0) is 0 Å². The summed E-state index contributed by atoms with van der Waals surface area (Å²) in [5.41, 5.74) is 0.0215. The lowest BCUT2D eigenvalue weighted by molar-refractivity contribution is 0.102. The van der Waals surface area contributed by atoms with Crippen LogP contribution in [0.5, 0.6) is 11.5 Å². The number of halogens is 3. The van der Waals surface area contributed by atoms with Gasteiger partial charge in [0.15, 0.2) is 29.0 Å². The number of benzene rings is 2. The molecule has 2 aromatic carbocycles. The SMILES string of the molecule is O=C(Nc1ccc(F)c(F)c1F)c1cnc(Nc2ccc3c(c2)OCO3)cn1. The quantitative estimate of drug-likeness (QED) is 0.664. The van der Waals surface area contributed by atoms with E-state index in [0.29, 0.717) is 29.1 Å². The van der Waals surface area contributed by atoms with E-state index in [9.17, 15) is 18.0 Å². The lowest BCUT2D eigenvalue weighted by Crippen LogP contribution is -2.16. The highest BCUT2D eigenvalue weighted by atomic mass is 19.2. The van der Waals surface area contributed by atoms with Crippen LogP contribution in [0.3, 0.4) is 0 Å². The van der Waals surface area contributed by atoms with E-state index in [4.69, 9.17) is 9.47 Å². The zero-order chi connectivity index (χ0) is 19.7. The largest absolute Gasteiger partial charge is 0.454 e. The summed E-state index contributed by atoms with van der Waals surface area (Å²) in [6, 6.07) is 6.82. The maximum absolute atomic E-state index is 13.6. The fourth-order valence-electron chi connectivity index (χ4n) is 2.44. The molecule has 10 heteroatoms. The Morgan fingerprint density at radius 3 is 2.57 bits per heavy atom. The number of hydrogen-bond donors (Lipinski definition) is 2. The second-order valence-electron chi connectivity index (χ2n) is 5.66. The molecule has 0 unspecified atom stereocenters. The van der Waals surface area contributed by atoms with Crippen LogP contribution in [0.4, 0.5) is 30.4 Å². The number of amides is 1. The van der Waals surface area contributed by atoms with Gasteiger partial charge in [-0.25, -0.2) is 23.1 Å². The lowest BCUT2D eigenvalue weighted by atomic mass is 10.2. The summed E-state index contributed by atoms with van der Waals surface area (Å²) in [6.45, 7) is 0.154. The number of carbonyl (C=O) groups is 1. The van der Waals surface area contributed by atoms with Crippen LogP contribution in [0, 0.1) is 17.5 Å². The average Bonchev–Trinajstić information content (AvgIpc) is 3.17. The van der Waals surface area contributed by atoms with Gasteiger partial charge in [-0.15, -0.1) is 0 Å². The number of rotatable bonds is 4. The molecule has 0 bridgehead atoms. The Morgan fingerprint density at radius 1 is 0.964 bits per heavy atom. The number of ether oxygens (including phenoxy) is 2. The topological polar surface area (TPSA) is 85.4 Å². The number of aromatic nitrogens is 2. The highest BCUT2D eigenvalue weighted by Gasteiger charge is 2.17. The highest BCUT2D eigenvalue weighted by molar-refractivity contribution is 6.02. The third-order valence-corrected chi connectivity index (χ3v) is 3.81. The fraction of sp³-hybridized carbons (Fsp3) is 0.0556. The zero-order valence-corrected chi connectivity index (χ0v) is 14.0. The first-order valence-corrected chi connectivity index (χ1v) is 7.95. The molecule has 7 nitrogen and oxygen atoms in total. The van der Waals surface area contributed by atoms with Crippen molar-refractivity contribution >= 4 is 23.1 Å². The predicted octanol–water partition coefficient (Wildman–Crippen LogP) is 3.62. The molecule has 28 heavy (non-hydrogen) atoms. The maximum Gasteiger partial charge on any atom is 0.275 e. The molecule has 1 aliphatic rings. The maximum atomic E-state index is 13.6. The van der Waals surface area contributed by atoms with Crippen LogP contribution >= 0.6 is 0 Å². The minimum atomic E-state index is -1.67. The molecule has 1 amide bonds. The van der Waals surface area contributed by atoms with E-state index < -0.39 is 29.0 Å². The van der Waals surface area contributed by atoms with Crippen LogP contribution in [0.15, 0.2) is 42.7 Å². The minimum Gasteiger partial charge on any atom is -0.454 e. The Morgan fingerprint density at radius 2 is 1.79 bits per heavy atom. The number of nitrogens with one attached hydrogen (secondary N) is 2. The number of anilines is 3. The molecule has 2 N–H and O–H groups in total. The van der Waals surface area contributed by atoms with Crippen molar-refractivity contribution in [2.45, 2.75) is 0 Å². The van der Waals surface area contributed by atoms with Crippen molar-refractivity contribution in [3.05, 3.63) is 65.9 Å². The molecule has 1 aromatic heterocycles. The van der Waals surface area contributed by atoms with Gasteiger partial charge in [-0.05, 0) is 24.3 Å². The van der Waals surface area contributed by atoms with Crippen molar-refractivity contribution in [1.29, 1.82) is 0 Å². The Kier molecular flexibility index (Phi) is 4.44. The van der Waals surface area contributed by atoms with Gasteiger partial charge in [0.25, 0.3) is 5.91 Å². The molecule has 0 spiro atoms. The molecular weight excluding hydrogens is 377 g/mol. The average molecular weight is 388 g/mol. The van der Waals surface area contributed by atoms with Crippen LogP contribution in [0.2, 0.25) is 0 Å². The van der Waals surface area contributed by atoms with Gasteiger partial charge in [0.1, 0.15) is 11.5 Å². The third-order valence-electron chi connectivity index (χ3n) is 3.81. The summed E-state index contributed by atoms with van der Waals surface area (Å²) in [5, 5.41) is 5.10. The van der Waals surface area contributed by atoms with Crippen LogP contribution in [0.25, 0.3) is 0 Å². The number of nitrogens with zero attached hydrogens (tertiary/aromatic N) is 2. The van der Waals surface area contributed by atoms with Gasteiger partial charge in [0, 0.05) is 11.8 Å². The van der Waals surface area contributed by atoms with Gasteiger partial charge in [0.05, 0.1) is 18.1 Å². The zero-order valence-electron chi connectivity index (χ0n) is 14.0. The van der Waals surface area contributed by atoms with Crippen molar-refractivity contribution < 1.29 is 27.4 Å². The van der Waals surface area contributed by atoms with Crippen molar-refractivity contribution in [2.75, 3.05) is 17.4 Å². The van der Waals surface area contributed by atoms with Gasteiger partial charge in [-0.2, -0.15) is 0 Å². The van der Waals surface area contributed by atoms with Gasteiger partial charge in [0.2, 0.25) is 6.79 Å². The Hall–Kier alpha value is -3.82. The van der Waals surface area contributed by atoms with Gasteiger partial charge in [-0.3, -0.25) is 4.79 Å². The van der Waals surface area contributed by atoms with E-state index in [-0.39, 0.29) is 12.5 Å². The number of hydrogen-bond acceptors (Lipinski definition) is 6. The number of fused-ring (bicyclic) bond motifs is 1. The fourth-order valence-corrected chi connectivity index (χ4v) is 2.44. The van der Waals surface area contributed by atoms with E-state index in [1.165, 1.54) is 6.20 Å². The van der Waals surface area contributed by atoms with Crippen molar-refractivity contribution in [3.63, 3.8) is 0 Å². The van der Waals surface area contributed by atoms with Gasteiger partial charge in [-0.1, -0.05) is 0 Å². The summed E-state index contributed by atoms with van der Waals surface area (Å²) in [7, 11) is 0. The van der Waals surface area contributed by atoms with E-state index in [0.717, 1.165) is 12.3 Å². The standard InChI is InChI=1S/C18H11F3N4O3/c19-10-2-3-11(17(21)16(10)20)25-18(26)12-6-23-15(7-22-12)24-9-1-4-13-14(5-9)28-8-27-13/h1-7H,8H2,(H,23,24)(H,25,26). The molecular formula is C18H11F3N4O3. The van der Waals surface area contributed by atoms with Crippen LogP contribution in [-0.4, -0.2) is 22.7 Å². The first-order chi connectivity index (χ1) is 13.5. The minimum absolute atomic E-state index is 0.139. The lowest BCUT2D eigenvalue weighted by Gasteiger charge is -2.08. The van der Waals surface area contributed by atoms with Crippen LogP contribution < -0.4 is 20.1 Å². The second kappa shape index (κ2) is 7.06. The van der Waals surface area contributed by atoms with Crippen molar-refractivity contribution in [2.24, 2.45) is 0 Å². The molecule has 0 fully saturated rings. The molecule has 3 aromatic rings. The first-order valence-electron chi connectivity index (χ1n) is 7.95. The molecule has 1 aliphatic heterocycles. The van der Waals surface area contributed by atoms with Gasteiger partial charge < -0.3 is 20.1 Å². The molecule has 2 heterocycles. The summed E-state index contributed by atoms with van der Waals surface area (Å²) in [5.74, 6) is -3.79. The molecule has 0 saturated heterocycles. The van der Waals surface area contributed by atoms with E-state index >= 15 is 0 Å². The van der Waals surface area contributed by atoms with Crippen LogP contribution in [0.1, 0.15) is 10.5 Å². The molecule has 0 saturated carbocycles. The van der Waals surface area contributed by atoms with Crippen molar-refractivity contribution in [3.8, 4) is 11.5 Å². The van der Waals surface area contributed by atoms with Crippen molar-refractivity contribution in [1.82, 2.24) is 9.97 Å². The Labute approximate surface area is 156 Å². The third kappa shape index (κ3) is 3.39. The highest BCUT2D eigenvalue weighted by Crippen LogP contribution is 2.34. The Balaban J connectivity index is 1.45. The monoisotopic (exact) mass is 388 g/mol. The van der Waals surface area contributed by atoms with Gasteiger partial charge >= 0.3 is 0 Å². The summed E-state index contributed by atoms with van der Waals surface area (Å²) in [4.78, 5) is 20.1. The summed E-state index contributed by atoms with van der Waals surface area (Å²) < 4.78 is 50.3. The first kappa shape index (κ1) is 17.6. The molecule has 0 aliphatic carbocycles. The predicted molar refractivity (Wildman–Crippen MR) is 92.1 cm³/mol. The molecule has 142 valence electrons. The van der Waals surface area contributed by atoms with E-state index in [1.54, 1.807) is 18.2 Å². The smallest absolute Gasteiger partial charge is 0.275 e. The van der Waals surface area contributed by atoms with E-state index in [1.807, 2.05) is 0 Å². The molecule has 0 atom stereocenters. The molecule has 0 radical (unpaired) electrons. The molecule has 4 rings (SSSR count). The van der Waals surface area contributed by atoms with E-state index in [2.05, 4.69) is 20.6 Å². The second-order valence-corrected chi connectivity index (χ2v) is 5.66. The summed E-state index contributed by atoms with van der Waals surface area (Å²) in [6.07, 6.45) is 2.45. The summed E-state index contributed by atoms with van der Waals surface area (Å²) >= 11 is 0. The normalized spacial score (nSPS) is 12.0.